The van der Waals surface area contributed by atoms with Gasteiger partial charge >= 0.3 is 0 Å². The molecule has 20 heavy (non-hydrogen) atoms. The van der Waals surface area contributed by atoms with Gasteiger partial charge in [0.05, 0.1) is 4.88 Å². The van der Waals surface area contributed by atoms with E-state index >= 15 is 0 Å². The standard InChI is InChI=1S/C17H15NOS/c1-2-12-6-5-8-14(10-12)18-17(19)16-11-13-7-3-4-9-15(13)20-16/h1,5-6,8,10-11H,3-4,7,9H2,(H,18,19). The molecule has 0 radical (unpaired) electrons. The highest BCUT2D eigenvalue weighted by atomic mass is 32.1. The van der Waals surface area contributed by atoms with E-state index in [1.54, 1.807) is 11.3 Å². The maximum Gasteiger partial charge on any atom is 0.265 e. The molecule has 0 saturated heterocycles. The Balaban J connectivity index is 1.79. The van der Waals surface area contributed by atoms with Crippen molar-refractivity contribution in [1.29, 1.82) is 0 Å². The predicted octanol–water partition coefficient (Wildman–Crippen LogP) is 3.86. The maximum absolute atomic E-state index is 12.3. The molecule has 0 atom stereocenters. The zero-order chi connectivity index (χ0) is 13.9. The highest BCUT2D eigenvalue weighted by molar-refractivity contribution is 7.14. The number of carbonyl (C=O) groups excluding carboxylic acids is 1. The van der Waals surface area contributed by atoms with Gasteiger partial charge in [-0.25, -0.2) is 0 Å². The van der Waals surface area contributed by atoms with Crippen LogP contribution >= 0.6 is 11.3 Å². The van der Waals surface area contributed by atoms with Gasteiger partial charge in [-0.2, -0.15) is 0 Å². The van der Waals surface area contributed by atoms with E-state index in [0.717, 1.165) is 29.0 Å². The van der Waals surface area contributed by atoms with Crippen molar-refractivity contribution in [3.63, 3.8) is 0 Å². The van der Waals surface area contributed by atoms with Crippen LogP contribution in [0, 0.1) is 12.3 Å². The number of nitrogens with one attached hydrogen (secondary N) is 1. The Hall–Kier alpha value is -2.05. The molecule has 0 fully saturated rings. The van der Waals surface area contributed by atoms with Gasteiger partial charge in [-0.3, -0.25) is 4.79 Å². The van der Waals surface area contributed by atoms with E-state index < -0.39 is 0 Å². The molecular weight excluding hydrogens is 266 g/mol. The number of thiophene rings is 1. The Bertz CT molecular complexity index is 670. The lowest BCUT2D eigenvalue weighted by Gasteiger charge is -2.08. The number of rotatable bonds is 2. The quantitative estimate of drug-likeness (QED) is 0.832. The van der Waals surface area contributed by atoms with Crippen LogP contribution in [-0.4, -0.2) is 5.91 Å². The van der Waals surface area contributed by atoms with Crippen LogP contribution in [0.15, 0.2) is 30.3 Å². The van der Waals surface area contributed by atoms with Crippen LogP contribution in [0.4, 0.5) is 5.69 Å². The van der Waals surface area contributed by atoms with Crippen molar-refractivity contribution < 1.29 is 4.79 Å². The zero-order valence-corrected chi connectivity index (χ0v) is 11.9. The molecule has 0 aliphatic heterocycles. The number of hydrogen-bond donors (Lipinski definition) is 1. The first-order valence-corrected chi connectivity index (χ1v) is 7.57. The lowest BCUT2D eigenvalue weighted by atomic mass is 9.99. The molecule has 0 bridgehead atoms. The SMILES string of the molecule is C#Cc1cccc(NC(=O)c2cc3c(s2)CCCC3)c1. The van der Waals surface area contributed by atoms with Crippen molar-refractivity contribution in [3.05, 3.63) is 51.2 Å². The smallest absolute Gasteiger partial charge is 0.265 e. The second-order valence-corrected chi connectivity index (χ2v) is 6.08. The molecule has 0 saturated carbocycles. The third-order valence-corrected chi connectivity index (χ3v) is 4.74. The topological polar surface area (TPSA) is 29.1 Å². The van der Waals surface area contributed by atoms with Gasteiger partial charge in [0.2, 0.25) is 0 Å². The second kappa shape index (κ2) is 5.52. The molecule has 1 aromatic heterocycles. The molecule has 1 aliphatic rings. The molecule has 1 aromatic carbocycles. The van der Waals surface area contributed by atoms with Crippen LogP contribution in [0.1, 0.15) is 38.5 Å². The third-order valence-electron chi connectivity index (χ3n) is 3.51. The second-order valence-electron chi connectivity index (χ2n) is 4.95. The number of benzene rings is 1. The molecule has 100 valence electrons. The summed E-state index contributed by atoms with van der Waals surface area (Å²) in [6, 6.07) is 9.40. The normalized spacial score (nSPS) is 13.3. The molecule has 0 unspecified atom stereocenters. The van der Waals surface area contributed by atoms with Crippen LogP contribution in [0.2, 0.25) is 0 Å². The van der Waals surface area contributed by atoms with Crippen molar-refractivity contribution in [2.45, 2.75) is 25.7 Å². The van der Waals surface area contributed by atoms with Crippen molar-refractivity contribution >= 4 is 22.9 Å². The minimum Gasteiger partial charge on any atom is -0.321 e. The first-order chi connectivity index (χ1) is 9.76. The number of amides is 1. The Kier molecular flexibility index (Phi) is 3.58. The maximum atomic E-state index is 12.3. The van der Waals surface area contributed by atoms with Gasteiger partial charge in [-0.1, -0.05) is 12.0 Å². The Morgan fingerprint density at radius 3 is 2.90 bits per heavy atom. The summed E-state index contributed by atoms with van der Waals surface area (Å²) in [5, 5.41) is 2.92. The number of carbonyl (C=O) groups is 1. The summed E-state index contributed by atoms with van der Waals surface area (Å²) >= 11 is 1.62. The fourth-order valence-corrected chi connectivity index (χ4v) is 3.63. The van der Waals surface area contributed by atoms with Gasteiger partial charge in [0.25, 0.3) is 5.91 Å². The number of anilines is 1. The van der Waals surface area contributed by atoms with Crippen LogP contribution in [0.3, 0.4) is 0 Å². The third kappa shape index (κ3) is 2.61. The Labute approximate surface area is 122 Å². The number of hydrogen-bond acceptors (Lipinski definition) is 2. The predicted molar refractivity (Wildman–Crippen MR) is 83.3 cm³/mol. The average Bonchev–Trinajstić information content (AvgIpc) is 2.91. The highest BCUT2D eigenvalue weighted by Crippen LogP contribution is 2.30. The van der Waals surface area contributed by atoms with Crippen LogP contribution in [0.5, 0.6) is 0 Å². The summed E-state index contributed by atoms with van der Waals surface area (Å²) < 4.78 is 0. The molecule has 1 aliphatic carbocycles. The molecule has 3 rings (SSSR count). The fourth-order valence-electron chi connectivity index (χ4n) is 2.48. The van der Waals surface area contributed by atoms with Gasteiger partial charge in [-0.05, 0) is 55.5 Å². The first-order valence-electron chi connectivity index (χ1n) is 6.76. The van der Waals surface area contributed by atoms with Crippen molar-refractivity contribution in [2.24, 2.45) is 0 Å². The summed E-state index contributed by atoms with van der Waals surface area (Å²) in [6.07, 6.45) is 10.0. The first kappa shape index (κ1) is 13.0. The minimum absolute atomic E-state index is 0.0430. The van der Waals surface area contributed by atoms with Crippen molar-refractivity contribution in [2.75, 3.05) is 5.32 Å². The van der Waals surface area contributed by atoms with Gasteiger partial charge in [0.15, 0.2) is 0 Å². The van der Waals surface area contributed by atoms with E-state index in [1.165, 1.54) is 23.3 Å². The summed E-state index contributed by atoms with van der Waals surface area (Å²) in [6.45, 7) is 0. The fraction of sp³-hybridized carbons (Fsp3) is 0.235. The van der Waals surface area contributed by atoms with Crippen molar-refractivity contribution in [1.82, 2.24) is 0 Å². The lowest BCUT2D eigenvalue weighted by Crippen LogP contribution is -2.10. The molecule has 1 amide bonds. The number of fused-ring (bicyclic) bond motifs is 1. The Morgan fingerprint density at radius 1 is 1.25 bits per heavy atom. The van der Waals surface area contributed by atoms with Crippen LogP contribution < -0.4 is 5.32 Å². The van der Waals surface area contributed by atoms with E-state index in [-0.39, 0.29) is 5.91 Å². The van der Waals surface area contributed by atoms with Gasteiger partial charge in [-0.15, -0.1) is 17.8 Å². The molecule has 2 nitrogen and oxygen atoms in total. The van der Waals surface area contributed by atoms with E-state index in [1.807, 2.05) is 30.3 Å². The molecule has 3 heteroatoms. The molecular formula is C17H15NOS. The summed E-state index contributed by atoms with van der Waals surface area (Å²) in [7, 11) is 0. The summed E-state index contributed by atoms with van der Waals surface area (Å²) in [5.74, 6) is 2.53. The van der Waals surface area contributed by atoms with Gasteiger partial charge in [0.1, 0.15) is 0 Å². The molecule has 0 spiro atoms. The summed E-state index contributed by atoms with van der Waals surface area (Å²) in [4.78, 5) is 14.4. The van der Waals surface area contributed by atoms with E-state index in [9.17, 15) is 4.79 Å². The lowest BCUT2D eigenvalue weighted by molar-refractivity contribution is 0.103. The zero-order valence-electron chi connectivity index (χ0n) is 11.1. The van der Waals surface area contributed by atoms with E-state index in [4.69, 9.17) is 6.42 Å². The number of terminal acetylenes is 1. The molecule has 2 aromatic rings. The Morgan fingerprint density at radius 2 is 2.10 bits per heavy atom. The number of aryl methyl sites for hydroxylation is 2. The largest absolute Gasteiger partial charge is 0.321 e. The van der Waals surface area contributed by atoms with Gasteiger partial charge in [0, 0.05) is 16.1 Å². The highest BCUT2D eigenvalue weighted by Gasteiger charge is 2.17. The van der Waals surface area contributed by atoms with Crippen molar-refractivity contribution in [3.8, 4) is 12.3 Å². The van der Waals surface area contributed by atoms with Crippen LogP contribution in [0.25, 0.3) is 0 Å². The summed E-state index contributed by atoms with van der Waals surface area (Å²) in [5.41, 5.74) is 2.87. The molecule has 1 heterocycles. The van der Waals surface area contributed by atoms with E-state index in [0.29, 0.717) is 0 Å². The average molecular weight is 281 g/mol. The van der Waals surface area contributed by atoms with Crippen LogP contribution in [-0.2, 0) is 12.8 Å². The monoisotopic (exact) mass is 281 g/mol. The minimum atomic E-state index is -0.0430. The van der Waals surface area contributed by atoms with Gasteiger partial charge < -0.3 is 5.32 Å². The molecule has 1 N–H and O–H groups in total. The van der Waals surface area contributed by atoms with E-state index in [2.05, 4.69) is 11.2 Å².